The van der Waals surface area contributed by atoms with Crippen molar-refractivity contribution in [2.45, 2.75) is 49.7 Å². The van der Waals surface area contributed by atoms with E-state index in [-0.39, 0.29) is 10.3 Å². The van der Waals surface area contributed by atoms with Gasteiger partial charge in [0, 0.05) is 10.7 Å². The number of anilines is 1. The van der Waals surface area contributed by atoms with Crippen LogP contribution in [0, 0.1) is 0 Å². The van der Waals surface area contributed by atoms with Gasteiger partial charge in [0.25, 0.3) is 0 Å². The lowest BCUT2D eigenvalue weighted by atomic mass is 9.87. The van der Waals surface area contributed by atoms with Crippen molar-refractivity contribution in [3.05, 3.63) is 59.1 Å². The highest BCUT2D eigenvalue weighted by atomic mass is 35.5. The molecule has 2 aromatic rings. The largest absolute Gasteiger partial charge is 0.325 e. The standard InChI is InChI=1S/C20H24ClNO3S/c1-19(2,3)14-6-10-16(11-7-14)22-18(23)20(4,5)26(24,25)17-12-8-15(21)9-13-17/h6-13H,1-5H3,(H,22,23). The molecule has 0 aliphatic carbocycles. The first-order valence-electron chi connectivity index (χ1n) is 8.28. The highest BCUT2D eigenvalue weighted by Gasteiger charge is 2.42. The molecule has 140 valence electrons. The smallest absolute Gasteiger partial charge is 0.245 e. The molecule has 0 saturated heterocycles. The maximum atomic E-state index is 12.9. The molecular formula is C20H24ClNO3S. The summed E-state index contributed by atoms with van der Waals surface area (Å²) in [6.07, 6.45) is 0. The second-order valence-corrected chi connectivity index (χ2v) is 10.7. The topological polar surface area (TPSA) is 63.2 Å². The summed E-state index contributed by atoms with van der Waals surface area (Å²) in [5.74, 6) is -0.587. The van der Waals surface area contributed by atoms with Gasteiger partial charge in [-0.05, 0) is 61.2 Å². The highest BCUT2D eigenvalue weighted by molar-refractivity contribution is 7.93. The summed E-state index contributed by atoms with van der Waals surface area (Å²) in [7, 11) is -3.88. The Morgan fingerprint density at radius 2 is 1.38 bits per heavy atom. The molecule has 0 aliphatic rings. The predicted molar refractivity (Wildman–Crippen MR) is 106 cm³/mol. The van der Waals surface area contributed by atoms with E-state index in [9.17, 15) is 13.2 Å². The van der Waals surface area contributed by atoms with Crippen LogP contribution in [0.2, 0.25) is 5.02 Å². The van der Waals surface area contributed by atoms with E-state index in [1.807, 2.05) is 12.1 Å². The number of nitrogens with one attached hydrogen (secondary N) is 1. The first-order valence-corrected chi connectivity index (χ1v) is 10.1. The first-order chi connectivity index (χ1) is 11.9. The van der Waals surface area contributed by atoms with Gasteiger partial charge in [0.1, 0.15) is 4.75 Å². The van der Waals surface area contributed by atoms with Gasteiger partial charge in [-0.3, -0.25) is 4.79 Å². The van der Waals surface area contributed by atoms with E-state index in [1.54, 1.807) is 12.1 Å². The van der Waals surface area contributed by atoms with Gasteiger partial charge in [0.15, 0.2) is 9.84 Å². The Morgan fingerprint density at radius 3 is 1.85 bits per heavy atom. The summed E-state index contributed by atoms with van der Waals surface area (Å²) in [4.78, 5) is 12.7. The van der Waals surface area contributed by atoms with E-state index in [1.165, 1.54) is 38.1 Å². The van der Waals surface area contributed by atoms with Gasteiger partial charge in [-0.1, -0.05) is 44.5 Å². The van der Waals surface area contributed by atoms with E-state index in [2.05, 4.69) is 26.1 Å². The SMILES string of the molecule is CC(C)(C)c1ccc(NC(=O)C(C)(C)S(=O)(=O)c2ccc(Cl)cc2)cc1. The fraction of sp³-hybridized carbons (Fsp3) is 0.350. The molecule has 0 radical (unpaired) electrons. The normalized spacial score (nSPS) is 12.7. The number of hydrogen-bond acceptors (Lipinski definition) is 3. The fourth-order valence-electron chi connectivity index (χ4n) is 2.37. The van der Waals surface area contributed by atoms with Crippen molar-refractivity contribution in [3.8, 4) is 0 Å². The molecule has 0 atom stereocenters. The lowest BCUT2D eigenvalue weighted by Crippen LogP contribution is -2.44. The number of carbonyl (C=O) groups is 1. The minimum atomic E-state index is -3.88. The third kappa shape index (κ3) is 4.10. The quantitative estimate of drug-likeness (QED) is 0.809. The molecule has 0 bridgehead atoms. The fourth-order valence-corrected chi connectivity index (χ4v) is 3.87. The minimum Gasteiger partial charge on any atom is -0.325 e. The van der Waals surface area contributed by atoms with Crippen LogP contribution in [0.15, 0.2) is 53.4 Å². The zero-order valence-electron chi connectivity index (χ0n) is 15.6. The van der Waals surface area contributed by atoms with Gasteiger partial charge >= 0.3 is 0 Å². The van der Waals surface area contributed by atoms with Crippen molar-refractivity contribution < 1.29 is 13.2 Å². The summed E-state index contributed by atoms with van der Waals surface area (Å²) >= 11 is 5.82. The van der Waals surface area contributed by atoms with Crippen LogP contribution in [0.5, 0.6) is 0 Å². The van der Waals surface area contributed by atoms with Crippen LogP contribution in [0.25, 0.3) is 0 Å². The molecule has 0 aliphatic heterocycles. The van der Waals surface area contributed by atoms with Crippen molar-refractivity contribution in [2.75, 3.05) is 5.32 Å². The van der Waals surface area contributed by atoms with E-state index in [0.29, 0.717) is 10.7 Å². The molecule has 0 saturated carbocycles. The average molecular weight is 394 g/mol. The van der Waals surface area contributed by atoms with Crippen molar-refractivity contribution >= 4 is 33.0 Å². The van der Waals surface area contributed by atoms with Crippen LogP contribution >= 0.6 is 11.6 Å². The predicted octanol–water partition coefficient (Wildman–Crippen LogP) is 4.83. The maximum absolute atomic E-state index is 12.9. The van der Waals surface area contributed by atoms with Crippen molar-refractivity contribution in [3.63, 3.8) is 0 Å². The van der Waals surface area contributed by atoms with Gasteiger partial charge in [0.2, 0.25) is 5.91 Å². The lowest BCUT2D eigenvalue weighted by molar-refractivity contribution is -0.117. The van der Waals surface area contributed by atoms with Crippen LogP contribution in [-0.4, -0.2) is 19.1 Å². The van der Waals surface area contributed by atoms with Crippen molar-refractivity contribution in [2.24, 2.45) is 0 Å². The van der Waals surface area contributed by atoms with Crippen LogP contribution in [0.1, 0.15) is 40.2 Å². The summed E-state index contributed by atoms with van der Waals surface area (Å²) < 4.78 is 24.1. The Balaban J connectivity index is 2.25. The Morgan fingerprint density at radius 1 is 0.885 bits per heavy atom. The molecule has 0 spiro atoms. The zero-order chi connectivity index (χ0) is 19.8. The summed E-state index contributed by atoms with van der Waals surface area (Å²) in [5, 5.41) is 3.14. The average Bonchev–Trinajstić information content (AvgIpc) is 2.54. The number of halogens is 1. The summed E-state index contributed by atoms with van der Waals surface area (Å²) in [5.41, 5.74) is 1.69. The van der Waals surface area contributed by atoms with E-state index in [4.69, 9.17) is 11.6 Å². The van der Waals surface area contributed by atoms with Gasteiger partial charge < -0.3 is 5.32 Å². The molecule has 4 nitrogen and oxygen atoms in total. The van der Waals surface area contributed by atoms with Crippen molar-refractivity contribution in [1.29, 1.82) is 0 Å². The second kappa shape index (κ2) is 7.05. The summed E-state index contributed by atoms with van der Waals surface area (Å²) in [6.45, 7) is 9.10. The van der Waals surface area contributed by atoms with Gasteiger partial charge in [-0.15, -0.1) is 0 Å². The Kier molecular flexibility index (Phi) is 5.54. The second-order valence-electron chi connectivity index (χ2n) is 7.75. The number of amides is 1. The van der Waals surface area contributed by atoms with E-state index >= 15 is 0 Å². The first kappa shape index (κ1) is 20.5. The van der Waals surface area contributed by atoms with Crippen LogP contribution in [-0.2, 0) is 20.0 Å². The van der Waals surface area contributed by atoms with Crippen molar-refractivity contribution in [1.82, 2.24) is 0 Å². The van der Waals surface area contributed by atoms with Crippen LogP contribution in [0.4, 0.5) is 5.69 Å². The molecule has 1 amide bonds. The van der Waals surface area contributed by atoms with E-state index < -0.39 is 20.5 Å². The highest BCUT2D eigenvalue weighted by Crippen LogP contribution is 2.29. The molecule has 0 aromatic heterocycles. The zero-order valence-corrected chi connectivity index (χ0v) is 17.2. The van der Waals surface area contributed by atoms with Gasteiger partial charge in [-0.2, -0.15) is 0 Å². The Labute approximate surface area is 160 Å². The molecule has 26 heavy (non-hydrogen) atoms. The van der Waals surface area contributed by atoms with Crippen LogP contribution < -0.4 is 5.32 Å². The molecule has 2 rings (SSSR count). The van der Waals surface area contributed by atoms with E-state index in [0.717, 1.165) is 5.56 Å². The molecule has 0 fully saturated rings. The number of sulfone groups is 1. The third-order valence-electron chi connectivity index (χ3n) is 4.35. The number of hydrogen-bond donors (Lipinski definition) is 1. The molecule has 2 aromatic carbocycles. The molecule has 6 heteroatoms. The lowest BCUT2D eigenvalue weighted by Gasteiger charge is -2.24. The van der Waals surface area contributed by atoms with Gasteiger partial charge in [0.05, 0.1) is 4.90 Å². The summed E-state index contributed by atoms with van der Waals surface area (Å²) in [6, 6.07) is 13.2. The molecular weight excluding hydrogens is 370 g/mol. The number of benzene rings is 2. The molecule has 1 N–H and O–H groups in total. The van der Waals surface area contributed by atoms with Gasteiger partial charge in [-0.25, -0.2) is 8.42 Å². The molecule has 0 unspecified atom stereocenters. The third-order valence-corrected chi connectivity index (χ3v) is 7.03. The molecule has 0 heterocycles. The Bertz CT molecular complexity index is 894. The number of rotatable bonds is 4. The number of carbonyl (C=O) groups excluding carboxylic acids is 1. The Hall–Kier alpha value is -1.85. The maximum Gasteiger partial charge on any atom is 0.245 e. The van der Waals surface area contributed by atoms with Crippen LogP contribution in [0.3, 0.4) is 0 Å². The minimum absolute atomic E-state index is 0.000266. The monoisotopic (exact) mass is 393 g/mol.